The Bertz CT molecular complexity index is 808. The van der Waals surface area contributed by atoms with Gasteiger partial charge in [0.1, 0.15) is 11.6 Å². The van der Waals surface area contributed by atoms with Gasteiger partial charge in [0.15, 0.2) is 6.61 Å². The van der Waals surface area contributed by atoms with Crippen LogP contribution in [-0.4, -0.2) is 30.0 Å². The lowest BCUT2D eigenvalue weighted by atomic mass is 10.1. The Morgan fingerprint density at radius 1 is 1.16 bits per heavy atom. The summed E-state index contributed by atoms with van der Waals surface area (Å²) < 4.78 is 25.8. The monoisotopic (exact) mass is 347 g/mol. The van der Waals surface area contributed by atoms with E-state index in [1.807, 2.05) is 32.3 Å². The lowest BCUT2D eigenvalue weighted by Crippen LogP contribution is -2.16. The maximum absolute atomic E-state index is 13.9. The molecule has 5 nitrogen and oxygen atoms in total. The molecular formula is C19H22FNO4. The van der Waals surface area contributed by atoms with E-state index in [1.165, 1.54) is 19.2 Å². The highest BCUT2D eigenvalue weighted by Crippen LogP contribution is 2.21. The van der Waals surface area contributed by atoms with E-state index < -0.39 is 18.4 Å². The van der Waals surface area contributed by atoms with Crippen LogP contribution >= 0.6 is 0 Å². The van der Waals surface area contributed by atoms with E-state index in [0.717, 1.165) is 17.5 Å². The van der Waals surface area contributed by atoms with Crippen molar-refractivity contribution in [3.63, 3.8) is 0 Å². The number of aryl methyl sites for hydroxylation is 1. The van der Waals surface area contributed by atoms with E-state index in [9.17, 15) is 14.0 Å². The molecule has 134 valence electrons. The van der Waals surface area contributed by atoms with Crippen LogP contribution in [0.25, 0.3) is 0 Å². The van der Waals surface area contributed by atoms with Crippen LogP contribution in [0.5, 0.6) is 5.75 Å². The van der Waals surface area contributed by atoms with Crippen molar-refractivity contribution in [3.05, 3.63) is 52.6 Å². The third-order valence-electron chi connectivity index (χ3n) is 4.03. The van der Waals surface area contributed by atoms with Crippen LogP contribution in [0.15, 0.2) is 24.3 Å². The lowest BCUT2D eigenvalue weighted by Gasteiger charge is -2.13. The molecule has 6 heteroatoms. The number of esters is 1. The molecule has 0 atom stereocenters. The Morgan fingerprint density at radius 2 is 1.84 bits per heavy atom. The molecule has 2 aromatic rings. The van der Waals surface area contributed by atoms with E-state index in [1.54, 1.807) is 6.07 Å². The molecular weight excluding hydrogens is 325 g/mol. The average molecular weight is 347 g/mol. The standard InChI is InChI=1S/C19H22FNO4/c1-11(2)21-12(3)8-16(13(21)4)18(22)10-25-19(23)15-7-6-14(24-5)9-17(15)20/h6-9,11H,10H2,1-5H3. The number of methoxy groups -OCH3 is 1. The highest BCUT2D eigenvalue weighted by Gasteiger charge is 2.20. The number of ketones is 1. The molecule has 0 N–H and O–H groups in total. The first-order chi connectivity index (χ1) is 11.8. The first kappa shape index (κ1) is 18.7. The van der Waals surface area contributed by atoms with Crippen molar-refractivity contribution in [3.8, 4) is 5.75 Å². The number of aromatic nitrogens is 1. The zero-order valence-corrected chi connectivity index (χ0v) is 15.1. The molecule has 0 bridgehead atoms. The Balaban J connectivity index is 2.10. The summed E-state index contributed by atoms with van der Waals surface area (Å²) >= 11 is 0. The maximum Gasteiger partial charge on any atom is 0.341 e. The highest BCUT2D eigenvalue weighted by atomic mass is 19.1. The molecule has 0 aliphatic rings. The third-order valence-corrected chi connectivity index (χ3v) is 4.03. The zero-order valence-electron chi connectivity index (χ0n) is 15.1. The van der Waals surface area contributed by atoms with Gasteiger partial charge in [0, 0.05) is 29.1 Å². The smallest absolute Gasteiger partial charge is 0.341 e. The minimum Gasteiger partial charge on any atom is -0.497 e. The van der Waals surface area contributed by atoms with Gasteiger partial charge in [-0.25, -0.2) is 9.18 Å². The third kappa shape index (κ3) is 3.90. The fraction of sp³-hybridized carbons (Fsp3) is 0.368. The van der Waals surface area contributed by atoms with Gasteiger partial charge in [-0.1, -0.05) is 0 Å². The minimum atomic E-state index is -0.883. The van der Waals surface area contributed by atoms with Gasteiger partial charge in [-0.05, 0) is 45.9 Å². The van der Waals surface area contributed by atoms with Crippen molar-refractivity contribution in [2.24, 2.45) is 0 Å². The quantitative estimate of drug-likeness (QED) is 0.588. The van der Waals surface area contributed by atoms with Gasteiger partial charge in [0.05, 0.1) is 12.7 Å². The summed E-state index contributed by atoms with van der Waals surface area (Å²) in [6.45, 7) is 7.39. The molecule has 0 fully saturated rings. The average Bonchev–Trinajstić information content (AvgIpc) is 2.86. The van der Waals surface area contributed by atoms with E-state index in [-0.39, 0.29) is 17.4 Å². The number of Topliss-reactive ketones (excluding diaryl/α,β-unsaturated/α-hetero) is 1. The predicted octanol–water partition coefficient (Wildman–Crippen LogP) is 3.87. The number of carbonyl (C=O) groups excluding carboxylic acids is 2. The van der Waals surface area contributed by atoms with Crippen LogP contribution in [0.2, 0.25) is 0 Å². The van der Waals surface area contributed by atoms with Crippen molar-refractivity contribution in [2.75, 3.05) is 13.7 Å². The SMILES string of the molecule is COc1ccc(C(=O)OCC(=O)c2cc(C)n(C(C)C)c2C)c(F)c1. The number of halogens is 1. The molecule has 0 aliphatic heterocycles. The van der Waals surface area contributed by atoms with Crippen molar-refractivity contribution >= 4 is 11.8 Å². The summed E-state index contributed by atoms with van der Waals surface area (Å²) in [5, 5.41) is 0. The van der Waals surface area contributed by atoms with Gasteiger partial charge >= 0.3 is 5.97 Å². The van der Waals surface area contributed by atoms with Crippen LogP contribution in [0.4, 0.5) is 4.39 Å². The maximum atomic E-state index is 13.9. The van der Waals surface area contributed by atoms with Crippen molar-refractivity contribution in [2.45, 2.75) is 33.7 Å². The molecule has 0 aliphatic carbocycles. The molecule has 0 spiro atoms. The Kier molecular flexibility index (Phi) is 5.62. The summed E-state index contributed by atoms with van der Waals surface area (Å²) in [5.74, 6) is -1.66. The zero-order chi connectivity index (χ0) is 18.7. The number of benzene rings is 1. The van der Waals surface area contributed by atoms with E-state index in [2.05, 4.69) is 0 Å². The second-order valence-corrected chi connectivity index (χ2v) is 6.09. The predicted molar refractivity (Wildman–Crippen MR) is 91.9 cm³/mol. The summed E-state index contributed by atoms with van der Waals surface area (Å²) in [7, 11) is 1.40. The van der Waals surface area contributed by atoms with E-state index in [0.29, 0.717) is 11.3 Å². The molecule has 0 radical (unpaired) electrons. The molecule has 1 heterocycles. The molecule has 0 saturated carbocycles. The van der Waals surface area contributed by atoms with Gasteiger partial charge in [0.2, 0.25) is 5.78 Å². The van der Waals surface area contributed by atoms with E-state index >= 15 is 0 Å². The second-order valence-electron chi connectivity index (χ2n) is 6.09. The van der Waals surface area contributed by atoms with Crippen LogP contribution in [0.3, 0.4) is 0 Å². The first-order valence-corrected chi connectivity index (χ1v) is 7.98. The number of nitrogens with zero attached hydrogens (tertiary/aromatic N) is 1. The summed E-state index contributed by atoms with van der Waals surface area (Å²) in [6, 6.07) is 5.81. The van der Waals surface area contributed by atoms with Gasteiger partial charge in [0.25, 0.3) is 0 Å². The van der Waals surface area contributed by atoms with Gasteiger partial charge in [-0.15, -0.1) is 0 Å². The molecule has 0 saturated heterocycles. The first-order valence-electron chi connectivity index (χ1n) is 7.98. The molecule has 1 aromatic heterocycles. The fourth-order valence-electron chi connectivity index (χ4n) is 2.93. The van der Waals surface area contributed by atoms with Crippen LogP contribution < -0.4 is 4.74 Å². The number of ether oxygens (including phenoxy) is 2. The van der Waals surface area contributed by atoms with Crippen LogP contribution in [0.1, 0.15) is 52.0 Å². The lowest BCUT2D eigenvalue weighted by molar-refractivity contribution is 0.0470. The number of carbonyl (C=O) groups is 2. The largest absolute Gasteiger partial charge is 0.497 e. The summed E-state index contributed by atoms with van der Waals surface area (Å²) in [4.78, 5) is 24.4. The van der Waals surface area contributed by atoms with E-state index in [4.69, 9.17) is 9.47 Å². The molecule has 2 rings (SSSR count). The van der Waals surface area contributed by atoms with Gasteiger partial charge in [-0.2, -0.15) is 0 Å². The second kappa shape index (κ2) is 7.51. The fourth-order valence-corrected chi connectivity index (χ4v) is 2.93. The van der Waals surface area contributed by atoms with Crippen molar-refractivity contribution in [1.29, 1.82) is 0 Å². The van der Waals surface area contributed by atoms with Crippen molar-refractivity contribution < 1.29 is 23.5 Å². The Morgan fingerprint density at radius 3 is 2.36 bits per heavy atom. The number of hydrogen-bond donors (Lipinski definition) is 0. The molecule has 0 amide bonds. The highest BCUT2D eigenvalue weighted by molar-refractivity contribution is 6.00. The van der Waals surface area contributed by atoms with Crippen molar-refractivity contribution in [1.82, 2.24) is 4.57 Å². The summed E-state index contributed by atoms with van der Waals surface area (Å²) in [5.41, 5.74) is 2.06. The Labute approximate surface area is 146 Å². The topological polar surface area (TPSA) is 57.5 Å². The normalized spacial score (nSPS) is 10.8. The number of hydrogen-bond acceptors (Lipinski definition) is 4. The number of rotatable bonds is 6. The molecule has 0 unspecified atom stereocenters. The van der Waals surface area contributed by atoms with Crippen LogP contribution in [0, 0.1) is 19.7 Å². The van der Waals surface area contributed by atoms with Crippen LogP contribution in [-0.2, 0) is 4.74 Å². The van der Waals surface area contributed by atoms with Gasteiger partial charge < -0.3 is 14.0 Å². The van der Waals surface area contributed by atoms with Gasteiger partial charge in [-0.3, -0.25) is 4.79 Å². The summed E-state index contributed by atoms with van der Waals surface area (Å²) in [6.07, 6.45) is 0. The molecule has 25 heavy (non-hydrogen) atoms. The minimum absolute atomic E-state index is 0.220. The molecule has 1 aromatic carbocycles. The Hall–Kier alpha value is -2.63.